The molecule has 0 radical (unpaired) electrons. The van der Waals surface area contributed by atoms with Crippen molar-refractivity contribution in [3.05, 3.63) is 51.9 Å². The van der Waals surface area contributed by atoms with Gasteiger partial charge in [-0.3, -0.25) is 9.36 Å². The number of ether oxygens (including phenoxy) is 1. The highest BCUT2D eigenvalue weighted by Crippen LogP contribution is 2.31. The van der Waals surface area contributed by atoms with Crippen LogP contribution in [0.5, 0.6) is 0 Å². The van der Waals surface area contributed by atoms with Crippen LogP contribution in [0.15, 0.2) is 40.8 Å². The summed E-state index contributed by atoms with van der Waals surface area (Å²) in [5, 5.41) is 2.51. The molecule has 3 rings (SSSR count). The second kappa shape index (κ2) is 7.83. The number of hydrogen-bond acceptors (Lipinski definition) is 5. The molecule has 136 valence electrons. The van der Waals surface area contributed by atoms with E-state index in [0.29, 0.717) is 23.2 Å². The maximum absolute atomic E-state index is 13.2. The van der Waals surface area contributed by atoms with Crippen molar-refractivity contribution < 1.29 is 9.53 Å². The number of rotatable bonds is 6. The van der Waals surface area contributed by atoms with Crippen LogP contribution in [0.25, 0.3) is 21.3 Å². The number of aromatic nitrogens is 2. The second-order valence-electron chi connectivity index (χ2n) is 6.24. The molecule has 2 heterocycles. The van der Waals surface area contributed by atoms with Crippen LogP contribution in [-0.4, -0.2) is 22.1 Å². The highest BCUT2D eigenvalue weighted by atomic mass is 32.1. The number of thiophene rings is 1. The lowest BCUT2D eigenvalue weighted by atomic mass is 10.0. The molecule has 0 aliphatic rings. The molecule has 1 aromatic carbocycles. The van der Waals surface area contributed by atoms with Crippen molar-refractivity contribution >= 4 is 27.5 Å². The summed E-state index contributed by atoms with van der Waals surface area (Å²) in [7, 11) is 0. The minimum absolute atomic E-state index is 0.202. The lowest BCUT2D eigenvalue weighted by Crippen LogP contribution is -2.31. The number of benzene rings is 1. The van der Waals surface area contributed by atoms with Crippen LogP contribution in [0.2, 0.25) is 0 Å². The zero-order valence-electron chi connectivity index (χ0n) is 15.2. The van der Waals surface area contributed by atoms with Crippen molar-refractivity contribution in [1.82, 2.24) is 9.55 Å². The summed E-state index contributed by atoms with van der Waals surface area (Å²) in [6, 6.07) is 7.38. The number of esters is 1. The summed E-state index contributed by atoms with van der Waals surface area (Å²) < 4.78 is 6.66. The van der Waals surface area contributed by atoms with E-state index < -0.39 is 6.04 Å². The van der Waals surface area contributed by atoms with Gasteiger partial charge in [0.15, 0.2) is 0 Å². The number of nitrogens with zero attached hydrogens (tertiary/aromatic N) is 2. The summed E-state index contributed by atoms with van der Waals surface area (Å²) in [4.78, 5) is 30.6. The number of carbonyl (C=O) groups excluding carboxylic acids is 1. The van der Waals surface area contributed by atoms with Crippen molar-refractivity contribution in [2.75, 3.05) is 6.61 Å². The van der Waals surface area contributed by atoms with Crippen LogP contribution in [0.3, 0.4) is 0 Å². The Morgan fingerprint density at radius 1 is 1.27 bits per heavy atom. The average molecular weight is 370 g/mol. The molecule has 26 heavy (non-hydrogen) atoms. The predicted molar refractivity (Wildman–Crippen MR) is 105 cm³/mol. The van der Waals surface area contributed by atoms with E-state index in [4.69, 9.17) is 4.74 Å². The average Bonchev–Trinajstić information content (AvgIpc) is 3.08. The lowest BCUT2D eigenvalue weighted by molar-refractivity contribution is -0.147. The molecule has 0 N–H and O–H groups in total. The summed E-state index contributed by atoms with van der Waals surface area (Å²) >= 11 is 1.44. The molecule has 0 bridgehead atoms. The van der Waals surface area contributed by atoms with Gasteiger partial charge >= 0.3 is 5.97 Å². The first-order valence-corrected chi connectivity index (χ1v) is 9.66. The van der Waals surface area contributed by atoms with E-state index in [1.807, 2.05) is 50.4 Å². The third kappa shape index (κ3) is 3.42. The van der Waals surface area contributed by atoms with Crippen molar-refractivity contribution in [2.45, 2.75) is 39.7 Å². The van der Waals surface area contributed by atoms with Crippen LogP contribution in [-0.2, 0) is 9.53 Å². The van der Waals surface area contributed by atoms with Crippen LogP contribution in [0.1, 0.15) is 38.3 Å². The Morgan fingerprint density at radius 3 is 2.65 bits per heavy atom. The largest absolute Gasteiger partial charge is 0.464 e. The number of fused-ring (bicyclic) bond motifs is 1. The number of carbonyl (C=O) groups is 1. The van der Waals surface area contributed by atoms with Crippen LogP contribution in [0.4, 0.5) is 0 Å². The Hall–Kier alpha value is -2.47. The fourth-order valence-electron chi connectivity index (χ4n) is 2.89. The summed E-state index contributed by atoms with van der Waals surface area (Å²) in [5.74, 6) is -0.385. The maximum atomic E-state index is 13.2. The van der Waals surface area contributed by atoms with Gasteiger partial charge in [0.2, 0.25) is 0 Å². The number of hydrogen-bond donors (Lipinski definition) is 0. The summed E-state index contributed by atoms with van der Waals surface area (Å²) in [6.45, 7) is 6.18. The first-order valence-electron chi connectivity index (χ1n) is 8.78. The van der Waals surface area contributed by atoms with Crippen molar-refractivity contribution in [3.63, 3.8) is 0 Å². The molecule has 6 heteroatoms. The Balaban J connectivity index is 2.10. The molecule has 3 aromatic rings. The Bertz CT molecular complexity index is 973. The van der Waals surface area contributed by atoms with E-state index >= 15 is 0 Å². The molecule has 0 spiro atoms. The fourth-order valence-corrected chi connectivity index (χ4v) is 3.80. The van der Waals surface area contributed by atoms with E-state index in [1.165, 1.54) is 22.2 Å². The quantitative estimate of drug-likeness (QED) is 0.606. The van der Waals surface area contributed by atoms with Gasteiger partial charge in [-0.2, -0.15) is 0 Å². The van der Waals surface area contributed by atoms with E-state index in [1.54, 1.807) is 0 Å². The SMILES string of the molecule is CCCOC(=O)[C@@H](CC)n1cnc2scc(-c3ccc(C)cc3)c2c1=O. The Morgan fingerprint density at radius 2 is 2.00 bits per heavy atom. The molecule has 0 saturated carbocycles. The highest BCUT2D eigenvalue weighted by molar-refractivity contribution is 7.17. The van der Waals surface area contributed by atoms with Gasteiger partial charge in [0, 0.05) is 10.9 Å². The first-order chi connectivity index (χ1) is 12.6. The molecular weight excluding hydrogens is 348 g/mol. The molecular formula is C20H22N2O3S. The zero-order valence-corrected chi connectivity index (χ0v) is 16.0. The van der Waals surface area contributed by atoms with Crippen LogP contribution >= 0.6 is 11.3 Å². The third-order valence-corrected chi connectivity index (χ3v) is 5.21. The van der Waals surface area contributed by atoms with Gasteiger partial charge in [0.1, 0.15) is 10.9 Å². The summed E-state index contributed by atoms with van der Waals surface area (Å²) in [6.07, 6.45) is 2.68. The maximum Gasteiger partial charge on any atom is 0.329 e. The topological polar surface area (TPSA) is 61.2 Å². The van der Waals surface area contributed by atoms with E-state index in [-0.39, 0.29) is 11.5 Å². The van der Waals surface area contributed by atoms with Gasteiger partial charge in [0.05, 0.1) is 18.3 Å². The first kappa shape index (κ1) is 18.3. The van der Waals surface area contributed by atoms with E-state index in [9.17, 15) is 9.59 Å². The Labute approximate surface area is 156 Å². The van der Waals surface area contributed by atoms with Gasteiger partial charge < -0.3 is 4.74 Å². The molecule has 0 aliphatic carbocycles. The number of aryl methyl sites for hydroxylation is 1. The highest BCUT2D eigenvalue weighted by Gasteiger charge is 2.23. The monoisotopic (exact) mass is 370 g/mol. The smallest absolute Gasteiger partial charge is 0.329 e. The molecule has 0 amide bonds. The molecule has 0 aliphatic heterocycles. The van der Waals surface area contributed by atoms with Gasteiger partial charge in [0.25, 0.3) is 5.56 Å². The predicted octanol–water partition coefficient (Wildman–Crippen LogP) is 4.34. The van der Waals surface area contributed by atoms with E-state index in [0.717, 1.165) is 23.1 Å². The minimum atomic E-state index is -0.656. The molecule has 5 nitrogen and oxygen atoms in total. The Kier molecular flexibility index (Phi) is 5.52. The molecule has 0 unspecified atom stereocenters. The van der Waals surface area contributed by atoms with Crippen molar-refractivity contribution in [1.29, 1.82) is 0 Å². The van der Waals surface area contributed by atoms with Crippen LogP contribution < -0.4 is 5.56 Å². The normalized spacial score (nSPS) is 12.3. The standard InChI is InChI=1S/C20H22N2O3S/c1-4-10-25-20(24)16(5-2)22-12-21-18-17(19(22)23)15(11-26-18)14-8-6-13(3)7-9-14/h6-9,11-12,16H,4-5,10H2,1-3H3/t16-/m1/s1. The molecule has 2 aromatic heterocycles. The van der Waals surface area contributed by atoms with Gasteiger partial charge in [-0.15, -0.1) is 11.3 Å². The zero-order chi connectivity index (χ0) is 18.7. The van der Waals surface area contributed by atoms with Crippen molar-refractivity contribution in [3.8, 4) is 11.1 Å². The van der Waals surface area contributed by atoms with Crippen molar-refractivity contribution in [2.24, 2.45) is 0 Å². The third-order valence-electron chi connectivity index (χ3n) is 4.32. The second-order valence-corrected chi connectivity index (χ2v) is 7.10. The summed E-state index contributed by atoms with van der Waals surface area (Å²) in [5.41, 5.74) is 2.79. The molecule has 0 fully saturated rings. The van der Waals surface area contributed by atoms with Gasteiger partial charge in [-0.05, 0) is 25.3 Å². The van der Waals surface area contributed by atoms with Gasteiger partial charge in [-0.1, -0.05) is 43.7 Å². The van der Waals surface area contributed by atoms with Gasteiger partial charge in [-0.25, -0.2) is 9.78 Å². The fraction of sp³-hybridized carbons (Fsp3) is 0.350. The van der Waals surface area contributed by atoms with E-state index in [2.05, 4.69) is 4.98 Å². The molecule has 0 saturated heterocycles. The molecule has 1 atom stereocenters. The minimum Gasteiger partial charge on any atom is -0.464 e. The van der Waals surface area contributed by atoms with Crippen LogP contribution in [0, 0.1) is 6.92 Å². The lowest BCUT2D eigenvalue weighted by Gasteiger charge is -2.16.